The lowest BCUT2D eigenvalue weighted by Crippen LogP contribution is -2.36. The molecule has 2 aliphatic heterocycles. The number of rotatable bonds is 2. The van der Waals surface area contributed by atoms with Gasteiger partial charge in [-0.1, -0.05) is 25.1 Å². The predicted molar refractivity (Wildman–Crippen MR) is 89.6 cm³/mol. The number of anilines is 1. The molecule has 0 fully saturated rings. The first-order valence-electron chi connectivity index (χ1n) is 7.95. The lowest BCUT2D eigenvalue weighted by Gasteiger charge is -2.33. The number of hydrogen-bond acceptors (Lipinski definition) is 3. The van der Waals surface area contributed by atoms with Gasteiger partial charge in [0.1, 0.15) is 5.75 Å². The molecule has 1 atom stereocenters. The van der Waals surface area contributed by atoms with Crippen LogP contribution in [0, 0.1) is 0 Å². The first-order valence-corrected chi connectivity index (χ1v) is 9.39. The number of benzene rings is 2. The Morgan fingerprint density at radius 3 is 2.87 bits per heavy atom. The van der Waals surface area contributed by atoms with Crippen molar-refractivity contribution >= 4 is 15.7 Å². The molecule has 0 amide bonds. The largest absolute Gasteiger partial charge is 0.493 e. The fraction of sp³-hybridized carbons (Fsp3) is 0.333. The second-order valence-corrected chi connectivity index (χ2v) is 8.06. The van der Waals surface area contributed by atoms with Crippen LogP contribution < -0.4 is 9.04 Å². The van der Waals surface area contributed by atoms with Gasteiger partial charge >= 0.3 is 0 Å². The maximum Gasteiger partial charge on any atom is 0.264 e. The van der Waals surface area contributed by atoms with Crippen LogP contribution in [0.25, 0.3) is 0 Å². The second kappa shape index (κ2) is 5.27. The van der Waals surface area contributed by atoms with Gasteiger partial charge < -0.3 is 4.74 Å². The molecule has 4 nitrogen and oxygen atoms in total. The van der Waals surface area contributed by atoms with E-state index in [2.05, 4.69) is 6.92 Å². The first-order chi connectivity index (χ1) is 11.1. The monoisotopic (exact) mass is 329 g/mol. The second-order valence-electron chi connectivity index (χ2n) is 6.19. The number of fused-ring (bicyclic) bond motifs is 2. The molecule has 0 bridgehead atoms. The van der Waals surface area contributed by atoms with E-state index in [0.717, 1.165) is 35.4 Å². The van der Waals surface area contributed by atoms with Crippen molar-refractivity contribution in [2.24, 2.45) is 0 Å². The number of nitrogens with zero attached hydrogens (tertiary/aromatic N) is 1. The lowest BCUT2D eigenvalue weighted by atomic mass is 9.93. The highest BCUT2D eigenvalue weighted by molar-refractivity contribution is 7.92. The zero-order chi connectivity index (χ0) is 16.0. The number of ether oxygens (including phenoxy) is 1. The van der Waals surface area contributed by atoms with Crippen molar-refractivity contribution in [3.8, 4) is 5.75 Å². The predicted octanol–water partition coefficient (Wildman–Crippen LogP) is 3.32. The summed E-state index contributed by atoms with van der Waals surface area (Å²) in [4.78, 5) is 0.353. The van der Waals surface area contributed by atoms with Crippen LogP contribution in [0.15, 0.2) is 47.4 Å². The first kappa shape index (κ1) is 14.6. The standard InChI is InChI=1S/C18H19NO3S/c1-13-8-10-19(17-5-3-2-4-16(13)17)23(20,21)15-6-7-18-14(12-15)9-11-22-18/h2-7,12-13H,8-11H2,1H3. The summed E-state index contributed by atoms with van der Waals surface area (Å²) in [5.41, 5.74) is 2.89. The van der Waals surface area contributed by atoms with Crippen LogP contribution in [0.4, 0.5) is 5.69 Å². The van der Waals surface area contributed by atoms with Crippen LogP contribution in [0.5, 0.6) is 5.75 Å². The maximum absolute atomic E-state index is 13.1. The van der Waals surface area contributed by atoms with Crippen molar-refractivity contribution in [1.82, 2.24) is 0 Å². The molecule has 0 saturated carbocycles. The van der Waals surface area contributed by atoms with Crippen LogP contribution in [0.1, 0.15) is 30.4 Å². The molecular weight excluding hydrogens is 310 g/mol. The topological polar surface area (TPSA) is 46.6 Å². The Bertz CT molecular complexity index is 860. The third-order valence-corrected chi connectivity index (χ3v) is 6.56. The third-order valence-electron chi connectivity index (χ3n) is 4.75. The summed E-state index contributed by atoms with van der Waals surface area (Å²) in [7, 11) is -3.54. The van der Waals surface area contributed by atoms with Crippen LogP contribution in [0.3, 0.4) is 0 Å². The van der Waals surface area contributed by atoms with Crippen molar-refractivity contribution in [3.63, 3.8) is 0 Å². The molecule has 23 heavy (non-hydrogen) atoms. The Morgan fingerprint density at radius 1 is 1.17 bits per heavy atom. The molecule has 1 unspecified atom stereocenters. The molecule has 0 saturated heterocycles. The van der Waals surface area contributed by atoms with Gasteiger partial charge in [-0.2, -0.15) is 0 Å². The summed E-state index contributed by atoms with van der Waals surface area (Å²) >= 11 is 0. The molecule has 2 aromatic carbocycles. The average Bonchev–Trinajstić information content (AvgIpc) is 3.03. The van der Waals surface area contributed by atoms with Crippen LogP contribution in [-0.2, 0) is 16.4 Å². The molecule has 2 aromatic rings. The zero-order valence-electron chi connectivity index (χ0n) is 13.0. The molecule has 4 rings (SSSR count). The van der Waals surface area contributed by atoms with Crippen molar-refractivity contribution < 1.29 is 13.2 Å². The Labute approximate surface area is 136 Å². The SMILES string of the molecule is CC1CCN(S(=O)(=O)c2ccc3c(c2)CCO3)c2ccccc21. The summed E-state index contributed by atoms with van der Waals surface area (Å²) in [6.07, 6.45) is 1.61. The molecule has 120 valence electrons. The van der Waals surface area contributed by atoms with Crippen molar-refractivity contribution in [3.05, 3.63) is 53.6 Å². The van der Waals surface area contributed by atoms with E-state index in [1.807, 2.05) is 24.3 Å². The highest BCUT2D eigenvalue weighted by Gasteiger charge is 2.32. The molecule has 2 aliphatic rings. The van der Waals surface area contributed by atoms with Gasteiger partial charge in [-0.25, -0.2) is 8.42 Å². The Kier molecular flexibility index (Phi) is 3.34. The van der Waals surface area contributed by atoms with Gasteiger partial charge in [0.2, 0.25) is 0 Å². The number of sulfonamides is 1. The molecule has 5 heteroatoms. The van der Waals surface area contributed by atoms with E-state index in [1.165, 1.54) is 0 Å². The number of hydrogen-bond donors (Lipinski definition) is 0. The summed E-state index contributed by atoms with van der Waals surface area (Å²) in [6, 6.07) is 13.0. The minimum absolute atomic E-state index is 0.353. The van der Waals surface area contributed by atoms with E-state index in [0.29, 0.717) is 24.0 Å². The summed E-state index contributed by atoms with van der Waals surface area (Å²) in [5.74, 6) is 1.18. The molecule has 0 radical (unpaired) electrons. The maximum atomic E-state index is 13.1. The van der Waals surface area contributed by atoms with Gasteiger partial charge in [0.25, 0.3) is 10.0 Å². The van der Waals surface area contributed by atoms with Crippen LogP contribution >= 0.6 is 0 Å². The molecule has 0 aliphatic carbocycles. The van der Waals surface area contributed by atoms with Gasteiger partial charge in [-0.15, -0.1) is 0 Å². The van der Waals surface area contributed by atoms with E-state index >= 15 is 0 Å². The van der Waals surface area contributed by atoms with Gasteiger partial charge in [-0.05, 0) is 47.7 Å². The summed E-state index contributed by atoms with van der Waals surface area (Å²) < 4.78 is 33.3. The molecule has 0 spiro atoms. The van der Waals surface area contributed by atoms with E-state index in [1.54, 1.807) is 22.5 Å². The van der Waals surface area contributed by atoms with Gasteiger partial charge in [-0.3, -0.25) is 4.31 Å². The van der Waals surface area contributed by atoms with Crippen molar-refractivity contribution in [1.29, 1.82) is 0 Å². The quantitative estimate of drug-likeness (QED) is 0.849. The fourth-order valence-corrected chi connectivity index (χ4v) is 4.98. The summed E-state index contributed by atoms with van der Waals surface area (Å²) in [5, 5.41) is 0. The normalized spacial score (nSPS) is 19.9. The van der Waals surface area contributed by atoms with Gasteiger partial charge in [0.05, 0.1) is 17.2 Å². The highest BCUT2D eigenvalue weighted by atomic mass is 32.2. The van der Waals surface area contributed by atoms with E-state index in [4.69, 9.17) is 4.74 Å². The highest BCUT2D eigenvalue weighted by Crippen LogP contribution is 2.38. The molecule has 0 N–H and O–H groups in total. The number of para-hydroxylation sites is 1. The van der Waals surface area contributed by atoms with Gasteiger partial charge in [0, 0.05) is 13.0 Å². The third kappa shape index (κ3) is 2.30. The molecule has 2 heterocycles. The zero-order valence-corrected chi connectivity index (χ0v) is 13.8. The Hall–Kier alpha value is -2.01. The minimum atomic E-state index is -3.54. The van der Waals surface area contributed by atoms with E-state index in [-0.39, 0.29) is 0 Å². The molecular formula is C18H19NO3S. The summed E-state index contributed by atoms with van der Waals surface area (Å²) in [6.45, 7) is 3.30. The van der Waals surface area contributed by atoms with Crippen LogP contribution in [-0.4, -0.2) is 21.6 Å². The lowest BCUT2D eigenvalue weighted by molar-refractivity contribution is 0.356. The minimum Gasteiger partial charge on any atom is -0.493 e. The Balaban J connectivity index is 1.79. The fourth-order valence-electron chi connectivity index (χ4n) is 3.42. The van der Waals surface area contributed by atoms with Crippen molar-refractivity contribution in [2.75, 3.05) is 17.5 Å². The van der Waals surface area contributed by atoms with E-state index < -0.39 is 10.0 Å². The molecule has 0 aromatic heterocycles. The van der Waals surface area contributed by atoms with Crippen molar-refractivity contribution in [2.45, 2.75) is 30.6 Å². The smallest absolute Gasteiger partial charge is 0.264 e. The Morgan fingerprint density at radius 2 is 2.00 bits per heavy atom. The average molecular weight is 329 g/mol. The van der Waals surface area contributed by atoms with E-state index in [9.17, 15) is 8.42 Å². The van der Waals surface area contributed by atoms with Crippen LogP contribution in [0.2, 0.25) is 0 Å². The van der Waals surface area contributed by atoms with Gasteiger partial charge in [0.15, 0.2) is 0 Å².